The first-order chi connectivity index (χ1) is 15.1. The van der Waals surface area contributed by atoms with Crippen LogP contribution in [-0.4, -0.2) is 11.8 Å². The molecule has 4 nitrogen and oxygen atoms in total. The van der Waals surface area contributed by atoms with Crippen molar-refractivity contribution in [1.82, 2.24) is 0 Å². The smallest absolute Gasteiger partial charge is 0.343 e. The van der Waals surface area contributed by atoms with Crippen molar-refractivity contribution < 1.29 is 23.5 Å². The summed E-state index contributed by atoms with van der Waals surface area (Å²) in [6.07, 6.45) is 1.27. The second-order valence-corrected chi connectivity index (χ2v) is 8.86. The van der Waals surface area contributed by atoms with Crippen LogP contribution in [0.5, 0.6) is 11.5 Å². The highest BCUT2D eigenvalue weighted by Gasteiger charge is 2.29. The molecule has 1 heterocycles. The van der Waals surface area contributed by atoms with Crippen molar-refractivity contribution in [3.8, 4) is 11.5 Å². The molecule has 1 aliphatic heterocycles. The monoisotopic (exact) mass is 450 g/mol. The van der Waals surface area contributed by atoms with Crippen molar-refractivity contribution in [2.75, 3.05) is 0 Å². The van der Waals surface area contributed by atoms with Gasteiger partial charge in [0.05, 0.1) is 16.1 Å². The number of esters is 1. The fraction of sp³-hybridized carbons (Fsp3) is 0.154. The first kappa shape index (κ1) is 21.8. The first-order valence-corrected chi connectivity index (χ1v) is 10.4. The van der Waals surface area contributed by atoms with Crippen LogP contribution in [0.15, 0.2) is 66.4 Å². The average Bonchev–Trinajstić information content (AvgIpc) is 3.05. The fourth-order valence-electron chi connectivity index (χ4n) is 3.28. The Balaban J connectivity index is 1.54. The summed E-state index contributed by atoms with van der Waals surface area (Å²) < 4.78 is 25.1. The highest BCUT2D eigenvalue weighted by atomic mass is 35.5. The Morgan fingerprint density at radius 3 is 2.44 bits per heavy atom. The minimum atomic E-state index is -0.565. The maximum Gasteiger partial charge on any atom is 0.343 e. The van der Waals surface area contributed by atoms with E-state index in [4.69, 9.17) is 21.1 Å². The van der Waals surface area contributed by atoms with Crippen LogP contribution < -0.4 is 9.47 Å². The Labute approximate surface area is 190 Å². The van der Waals surface area contributed by atoms with Gasteiger partial charge in [-0.3, -0.25) is 4.79 Å². The summed E-state index contributed by atoms with van der Waals surface area (Å²) in [4.78, 5) is 25.1. The Kier molecular flexibility index (Phi) is 5.61. The number of carbonyl (C=O) groups excluding carboxylic acids is 2. The van der Waals surface area contributed by atoms with Crippen LogP contribution in [0.25, 0.3) is 6.08 Å². The molecular formula is C26H20ClFO4. The second-order valence-electron chi connectivity index (χ2n) is 8.45. The van der Waals surface area contributed by atoms with Gasteiger partial charge in [-0.05, 0) is 53.5 Å². The molecule has 6 heteroatoms. The number of carbonyl (C=O) groups is 2. The summed E-state index contributed by atoms with van der Waals surface area (Å²) in [6.45, 7) is 6.28. The number of halogens is 2. The lowest BCUT2D eigenvalue weighted by atomic mass is 9.87. The van der Waals surface area contributed by atoms with Gasteiger partial charge in [0.15, 0.2) is 5.76 Å². The van der Waals surface area contributed by atoms with Crippen molar-refractivity contribution >= 4 is 29.4 Å². The normalized spacial score (nSPS) is 14.3. The molecule has 162 valence electrons. The summed E-state index contributed by atoms with van der Waals surface area (Å²) >= 11 is 6.03. The Hall–Kier alpha value is -3.44. The molecule has 0 saturated heterocycles. The molecule has 0 radical (unpaired) electrons. The minimum Gasteiger partial charge on any atom is -0.452 e. The third-order valence-corrected chi connectivity index (χ3v) is 5.44. The van der Waals surface area contributed by atoms with Gasteiger partial charge in [-0.2, -0.15) is 0 Å². The molecule has 3 aromatic carbocycles. The summed E-state index contributed by atoms with van der Waals surface area (Å²) in [5, 5.41) is 0.164. The number of allylic oxidation sites excluding steroid dienone is 1. The van der Waals surface area contributed by atoms with Gasteiger partial charge in [0.2, 0.25) is 5.78 Å². The number of ether oxygens (including phenoxy) is 2. The summed E-state index contributed by atoms with van der Waals surface area (Å²) in [5.41, 5.74) is 1.84. The minimum absolute atomic E-state index is 0.0234. The lowest BCUT2D eigenvalue weighted by Gasteiger charge is -2.18. The number of ketones is 1. The van der Waals surface area contributed by atoms with Crippen LogP contribution in [0.4, 0.5) is 4.39 Å². The zero-order chi connectivity index (χ0) is 23.0. The Morgan fingerprint density at radius 1 is 1.06 bits per heavy atom. The fourth-order valence-corrected chi connectivity index (χ4v) is 3.50. The van der Waals surface area contributed by atoms with E-state index in [2.05, 4.69) is 20.8 Å². The Morgan fingerprint density at radius 2 is 1.78 bits per heavy atom. The molecule has 0 unspecified atom stereocenters. The van der Waals surface area contributed by atoms with Crippen LogP contribution in [0.1, 0.15) is 52.6 Å². The topological polar surface area (TPSA) is 52.6 Å². The van der Waals surface area contributed by atoms with E-state index in [0.29, 0.717) is 5.56 Å². The average molecular weight is 451 g/mol. The quantitative estimate of drug-likeness (QED) is 0.256. The molecule has 0 amide bonds. The lowest BCUT2D eigenvalue weighted by Crippen LogP contribution is -2.12. The van der Waals surface area contributed by atoms with Crippen LogP contribution in [0, 0.1) is 5.82 Å². The molecule has 0 fully saturated rings. The van der Waals surface area contributed by atoms with Gasteiger partial charge in [0.1, 0.15) is 17.3 Å². The van der Waals surface area contributed by atoms with E-state index >= 15 is 0 Å². The van der Waals surface area contributed by atoms with Crippen molar-refractivity contribution in [2.24, 2.45) is 0 Å². The number of fused-ring (bicyclic) bond motifs is 1. The zero-order valence-corrected chi connectivity index (χ0v) is 18.5. The van der Waals surface area contributed by atoms with E-state index in [-0.39, 0.29) is 38.8 Å². The van der Waals surface area contributed by atoms with Gasteiger partial charge in [0.25, 0.3) is 0 Å². The van der Waals surface area contributed by atoms with Gasteiger partial charge < -0.3 is 9.47 Å². The van der Waals surface area contributed by atoms with Crippen molar-refractivity contribution in [3.05, 3.63) is 99.5 Å². The second kappa shape index (κ2) is 8.24. The Bertz CT molecular complexity index is 1230. The SMILES string of the molecule is CC(C)(C)c1ccc(C(=O)Oc2ccc3c(c2)O/C(=C\c2c(F)cccc2Cl)C3=O)cc1. The largest absolute Gasteiger partial charge is 0.452 e. The van der Waals surface area contributed by atoms with Gasteiger partial charge >= 0.3 is 5.97 Å². The molecule has 0 aliphatic carbocycles. The van der Waals surface area contributed by atoms with Crippen LogP contribution in [-0.2, 0) is 5.41 Å². The van der Waals surface area contributed by atoms with Crippen LogP contribution in [0.2, 0.25) is 5.02 Å². The molecule has 32 heavy (non-hydrogen) atoms. The van der Waals surface area contributed by atoms with Gasteiger partial charge in [-0.25, -0.2) is 9.18 Å². The molecular weight excluding hydrogens is 431 g/mol. The first-order valence-electron chi connectivity index (χ1n) is 9.98. The lowest BCUT2D eigenvalue weighted by molar-refractivity contribution is 0.0734. The van der Waals surface area contributed by atoms with Gasteiger partial charge in [-0.15, -0.1) is 0 Å². The van der Waals surface area contributed by atoms with Crippen molar-refractivity contribution in [1.29, 1.82) is 0 Å². The molecule has 0 N–H and O–H groups in total. The van der Waals surface area contributed by atoms with Crippen LogP contribution in [0.3, 0.4) is 0 Å². The molecule has 0 aromatic heterocycles. The predicted octanol–water partition coefficient (Wildman–Crippen LogP) is 6.61. The number of hydrogen-bond acceptors (Lipinski definition) is 4. The molecule has 0 bridgehead atoms. The van der Waals surface area contributed by atoms with E-state index in [9.17, 15) is 14.0 Å². The number of rotatable bonds is 3. The number of Topliss-reactive ketones (excluding diaryl/α,β-unsaturated/α-hetero) is 1. The predicted molar refractivity (Wildman–Crippen MR) is 121 cm³/mol. The van der Waals surface area contributed by atoms with Gasteiger partial charge in [0, 0.05) is 11.6 Å². The van der Waals surface area contributed by atoms with E-state index in [1.165, 1.54) is 42.5 Å². The highest BCUT2D eigenvalue weighted by molar-refractivity contribution is 6.32. The zero-order valence-electron chi connectivity index (χ0n) is 17.7. The summed E-state index contributed by atoms with van der Waals surface area (Å²) in [5.74, 6) is -1.11. The number of hydrogen-bond donors (Lipinski definition) is 0. The standard InChI is InChI=1S/C26H20ClFO4/c1-26(2,3)16-9-7-15(8-10-16)25(30)31-17-11-12-18-22(13-17)32-23(24(18)29)14-19-20(27)5-4-6-21(19)28/h4-14H,1-3H3/b23-14-. The molecule has 0 saturated carbocycles. The molecule has 0 spiro atoms. The third kappa shape index (κ3) is 4.30. The number of benzene rings is 3. The molecule has 4 rings (SSSR count). The third-order valence-electron chi connectivity index (χ3n) is 5.11. The molecule has 1 aliphatic rings. The van der Waals surface area contributed by atoms with Gasteiger partial charge in [-0.1, -0.05) is 50.6 Å². The maximum absolute atomic E-state index is 14.1. The van der Waals surface area contributed by atoms with E-state index < -0.39 is 17.6 Å². The van der Waals surface area contributed by atoms with E-state index in [1.807, 2.05) is 12.1 Å². The van der Waals surface area contributed by atoms with Crippen molar-refractivity contribution in [3.63, 3.8) is 0 Å². The van der Waals surface area contributed by atoms with Crippen molar-refractivity contribution in [2.45, 2.75) is 26.2 Å². The summed E-state index contributed by atoms with van der Waals surface area (Å²) in [6, 6.07) is 15.9. The summed E-state index contributed by atoms with van der Waals surface area (Å²) in [7, 11) is 0. The maximum atomic E-state index is 14.1. The van der Waals surface area contributed by atoms with Crippen LogP contribution >= 0.6 is 11.6 Å². The molecule has 3 aromatic rings. The van der Waals surface area contributed by atoms with E-state index in [0.717, 1.165) is 5.56 Å². The molecule has 0 atom stereocenters. The van der Waals surface area contributed by atoms with E-state index in [1.54, 1.807) is 12.1 Å². The highest BCUT2D eigenvalue weighted by Crippen LogP contribution is 2.36.